The molecule has 8 nitrogen and oxygen atoms in total. The van der Waals surface area contributed by atoms with E-state index < -0.39 is 12.0 Å². The Kier molecular flexibility index (Phi) is 6.53. The van der Waals surface area contributed by atoms with E-state index in [4.69, 9.17) is 16.3 Å². The summed E-state index contributed by atoms with van der Waals surface area (Å²) in [6.45, 7) is 5.29. The Bertz CT molecular complexity index is 1240. The first-order chi connectivity index (χ1) is 15.7. The van der Waals surface area contributed by atoms with Gasteiger partial charge in [-0.3, -0.25) is 4.79 Å². The van der Waals surface area contributed by atoms with Crippen LogP contribution in [0.3, 0.4) is 0 Å². The predicted octanol–water partition coefficient (Wildman–Crippen LogP) is 5.19. The van der Waals surface area contributed by atoms with Crippen LogP contribution in [0.2, 0.25) is 5.02 Å². The maximum Gasteiger partial charge on any atom is 0.378 e. The fourth-order valence-corrected chi connectivity index (χ4v) is 3.87. The SMILES string of the molecule is CC1=C(C(=O)Nc2ccc(Cl)cc2)[C@@H](c2ccc(Br)cc2)n2nc(C(=O)OC(C)C)nc2N1. The van der Waals surface area contributed by atoms with Crippen LogP contribution < -0.4 is 10.6 Å². The third-order valence-corrected chi connectivity index (χ3v) is 5.69. The van der Waals surface area contributed by atoms with Gasteiger partial charge in [-0.05, 0) is 62.7 Å². The first-order valence-corrected chi connectivity index (χ1v) is 11.4. The Balaban J connectivity index is 1.76. The second-order valence-electron chi connectivity index (χ2n) is 7.74. The third-order valence-electron chi connectivity index (χ3n) is 4.91. The van der Waals surface area contributed by atoms with Crippen LogP contribution in [-0.2, 0) is 9.53 Å². The number of esters is 1. The number of fused-ring (bicyclic) bond motifs is 1. The molecule has 0 spiro atoms. The van der Waals surface area contributed by atoms with Gasteiger partial charge in [-0.15, -0.1) is 5.10 Å². The molecule has 1 amide bonds. The molecule has 0 unspecified atom stereocenters. The molecular weight excluding hydrogens is 510 g/mol. The average Bonchev–Trinajstić information content (AvgIpc) is 3.18. The minimum Gasteiger partial charge on any atom is -0.457 e. The standard InChI is InChI=1S/C23H21BrClN5O3/c1-12(2)33-22(32)20-28-23-26-13(3)18(21(31)27-17-10-8-16(25)9-11-17)19(30(23)29-20)14-4-6-15(24)7-5-14/h4-12,19H,1-3H3,(H,27,31)(H,26,28,29)/t19-/m1/s1. The number of halogens is 2. The molecule has 2 heterocycles. The molecule has 1 aliphatic heterocycles. The van der Waals surface area contributed by atoms with E-state index in [0.717, 1.165) is 10.0 Å². The van der Waals surface area contributed by atoms with Crippen LogP contribution in [-0.4, -0.2) is 32.7 Å². The molecule has 2 N–H and O–H groups in total. The first kappa shape index (κ1) is 23.0. The van der Waals surface area contributed by atoms with Crippen molar-refractivity contribution in [3.05, 3.63) is 80.7 Å². The molecule has 1 atom stereocenters. The number of benzene rings is 2. The summed E-state index contributed by atoms with van der Waals surface area (Å²) in [4.78, 5) is 30.1. The number of allylic oxidation sites excluding steroid dienone is 1. The van der Waals surface area contributed by atoms with Crippen LogP contribution in [0.4, 0.5) is 11.6 Å². The van der Waals surface area contributed by atoms with Gasteiger partial charge in [0.15, 0.2) is 0 Å². The summed E-state index contributed by atoms with van der Waals surface area (Å²) in [6.07, 6.45) is -0.311. The summed E-state index contributed by atoms with van der Waals surface area (Å²) >= 11 is 9.40. The van der Waals surface area contributed by atoms with Gasteiger partial charge in [0.05, 0.1) is 11.7 Å². The van der Waals surface area contributed by atoms with Crippen molar-refractivity contribution in [2.24, 2.45) is 0 Å². The topological polar surface area (TPSA) is 98.1 Å². The molecule has 1 aliphatic rings. The van der Waals surface area contributed by atoms with Gasteiger partial charge in [0.25, 0.3) is 11.7 Å². The summed E-state index contributed by atoms with van der Waals surface area (Å²) in [5.41, 5.74) is 2.44. The molecule has 0 saturated carbocycles. The van der Waals surface area contributed by atoms with Crippen LogP contribution in [0.5, 0.6) is 0 Å². The summed E-state index contributed by atoms with van der Waals surface area (Å²) in [6, 6.07) is 13.8. The molecule has 10 heteroatoms. The number of carbonyl (C=O) groups is 2. The number of nitrogens with zero attached hydrogens (tertiary/aromatic N) is 3. The van der Waals surface area contributed by atoms with Crippen LogP contribution in [0.25, 0.3) is 0 Å². The highest BCUT2D eigenvalue weighted by Crippen LogP contribution is 2.36. The second kappa shape index (κ2) is 9.36. The highest BCUT2D eigenvalue weighted by atomic mass is 79.9. The van der Waals surface area contributed by atoms with Crippen molar-refractivity contribution in [1.29, 1.82) is 0 Å². The van der Waals surface area contributed by atoms with E-state index in [2.05, 4.69) is 36.6 Å². The van der Waals surface area contributed by atoms with E-state index >= 15 is 0 Å². The Morgan fingerprint density at radius 1 is 1.15 bits per heavy atom. The monoisotopic (exact) mass is 529 g/mol. The molecule has 0 saturated heterocycles. The molecule has 0 fully saturated rings. The number of nitrogens with one attached hydrogen (secondary N) is 2. The van der Waals surface area contributed by atoms with Gasteiger partial charge in [-0.25, -0.2) is 9.48 Å². The number of hydrogen-bond acceptors (Lipinski definition) is 6. The maximum atomic E-state index is 13.4. The van der Waals surface area contributed by atoms with Crippen LogP contribution >= 0.6 is 27.5 Å². The van der Waals surface area contributed by atoms with Crippen molar-refractivity contribution in [3.8, 4) is 0 Å². The Labute approximate surface area is 204 Å². The predicted molar refractivity (Wildman–Crippen MR) is 129 cm³/mol. The Morgan fingerprint density at radius 3 is 2.45 bits per heavy atom. The summed E-state index contributed by atoms with van der Waals surface area (Å²) in [5, 5.41) is 11.0. The third kappa shape index (κ3) is 4.94. The number of hydrogen-bond donors (Lipinski definition) is 2. The van der Waals surface area contributed by atoms with E-state index in [0.29, 0.717) is 27.9 Å². The molecule has 3 aromatic rings. The van der Waals surface area contributed by atoms with Gasteiger partial charge in [0.2, 0.25) is 5.95 Å². The largest absolute Gasteiger partial charge is 0.457 e. The fraction of sp³-hybridized carbons (Fsp3) is 0.217. The zero-order chi connectivity index (χ0) is 23.7. The van der Waals surface area contributed by atoms with E-state index in [1.54, 1.807) is 45.0 Å². The van der Waals surface area contributed by atoms with Gasteiger partial charge in [0.1, 0.15) is 6.04 Å². The lowest BCUT2D eigenvalue weighted by Crippen LogP contribution is -2.31. The highest BCUT2D eigenvalue weighted by Gasteiger charge is 2.35. The molecule has 0 radical (unpaired) electrons. The zero-order valence-electron chi connectivity index (χ0n) is 18.1. The van der Waals surface area contributed by atoms with Gasteiger partial charge >= 0.3 is 5.97 Å². The number of carbonyl (C=O) groups excluding carboxylic acids is 2. The lowest BCUT2D eigenvalue weighted by molar-refractivity contribution is -0.113. The van der Waals surface area contributed by atoms with Crippen LogP contribution in [0.15, 0.2) is 64.3 Å². The van der Waals surface area contributed by atoms with E-state index in [1.165, 1.54) is 4.68 Å². The Morgan fingerprint density at radius 2 is 1.82 bits per heavy atom. The van der Waals surface area contributed by atoms with Gasteiger partial charge in [-0.1, -0.05) is 39.7 Å². The minimum atomic E-state index is -0.631. The highest BCUT2D eigenvalue weighted by molar-refractivity contribution is 9.10. The van der Waals surface area contributed by atoms with Crippen LogP contribution in [0, 0.1) is 0 Å². The van der Waals surface area contributed by atoms with E-state index in [9.17, 15) is 9.59 Å². The van der Waals surface area contributed by atoms with Crippen molar-refractivity contribution in [3.63, 3.8) is 0 Å². The average molecular weight is 531 g/mol. The lowest BCUT2D eigenvalue weighted by Gasteiger charge is -2.28. The molecular formula is C23H21BrClN5O3. The number of rotatable bonds is 5. The summed E-state index contributed by atoms with van der Waals surface area (Å²) in [7, 11) is 0. The molecule has 0 aliphatic carbocycles. The van der Waals surface area contributed by atoms with Crippen molar-refractivity contribution in [2.45, 2.75) is 32.9 Å². The number of ether oxygens (including phenoxy) is 1. The van der Waals surface area contributed by atoms with Gasteiger partial charge in [-0.2, -0.15) is 4.98 Å². The van der Waals surface area contributed by atoms with Gasteiger partial charge < -0.3 is 15.4 Å². The zero-order valence-corrected chi connectivity index (χ0v) is 20.4. The molecule has 33 heavy (non-hydrogen) atoms. The molecule has 4 rings (SSSR count). The van der Waals surface area contributed by atoms with E-state index in [1.807, 2.05) is 24.3 Å². The molecule has 2 aromatic carbocycles. The Hall–Kier alpha value is -3.17. The minimum absolute atomic E-state index is 0.0829. The maximum absolute atomic E-state index is 13.4. The fourth-order valence-electron chi connectivity index (χ4n) is 3.48. The van der Waals surface area contributed by atoms with Gasteiger partial charge in [0, 0.05) is 20.9 Å². The van der Waals surface area contributed by atoms with Crippen molar-refractivity contribution in [2.75, 3.05) is 10.6 Å². The lowest BCUT2D eigenvalue weighted by atomic mass is 9.95. The van der Waals surface area contributed by atoms with Crippen LogP contribution in [0.1, 0.15) is 43.0 Å². The molecule has 1 aromatic heterocycles. The molecule has 170 valence electrons. The second-order valence-corrected chi connectivity index (χ2v) is 9.09. The number of amides is 1. The van der Waals surface area contributed by atoms with Crippen molar-refractivity contribution in [1.82, 2.24) is 14.8 Å². The number of anilines is 2. The quantitative estimate of drug-likeness (QED) is 0.441. The summed E-state index contributed by atoms with van der Waals surface area (Å²) in [5.74, 6) is -0.685. The van der Waals surface area contributed by atoms with Crippen molar-refractivity contribution >= 4 is 51.0 Å². The first-order valence-electron chi connectivity index (χ1n) is 10.2. The van der Waals surface area contributed by atoms with Crippen molar-refractivity contribution < 1.29 is 14.3 Å². The smallest absolute Gasteiger partial charge is 0.378 e. The normalized spacial score (nSPS) is 15.2. The van der Waals surface area contributed by atoms with E-state index in [-0.39, 0.29) is 17.8 Å². The summed E-state index contributed by atoms with van der Waals surface area (Å²) < 4.78 is 7.67. The number of aromatic nitrogens is 3. The molecule has 0 bridgehead atoms.